The number of para-hydroxylation sites is 1. The molecule has 1 aliphatic rings. The van der Waals surface area contributed by atoms with E-state index in [0.717, 1.165) is 28.7 Å². The van der Waals surface area contributed by atoms with Gasteiger partial charge in [-0.2, -0.15) is 0 Å². The standard InChI is InChI=1S/C20H20ClN5O2/c21-15-6-3-5-14(11-15)12-16-13-19(28-24-16)20(27)22-9-4-10-26-18-8-2-1-7-17(18)23-25-26/h1-3,5-8,11,19H,4,9-10,12-13H2,(H,22,27)/t19-/m0/s1. The molecule has 28 heavy (non-hydrogen) atoms. The summed E-state index contributed by atoms with van der Waals surface area (Å²) in [6, 6.07) is 15.4. The van der Waals surface area contributed by atoms with Gasteiger partial charge in [-0.25, -0.2) is 4.68 Å². The zero-order valence-electron chi connectivity index (χ0n) is 15.2. The Morgan fingerprint density at radius 1 is 1.25 bits per heavy atom. The third-order valence-electron chi connectivity index (χ3n) is 4.59. The van der Waals surface area contributed by atoms with Crippen LogP contribution in [0.15, 0.2) is 53.7 Å². The lowest BCUT2D eigenvalue weighted by molar-refractivity contribution is -0.131. The number of nitrogens with zero attached hydrogens (tertiary/aromatic N) is 4. The van der Waals surface area contributed by atoms with Crippen LogP contribution in [0.3, 0.4) is 0 Å². The molecule has 1 aromatic heterocycles. The Bertz CT molecular complexity index is 1020. The molecule has 1 N–H and O–H groups in total. The molecule has 1 aliphatic heterocycles. The van der Waals surface area contributed by atoms with E-state index in [-0.39, 0.29) is 5.91 Å². The largest absolute Gasteiger partial charge is 0.382 e. The summed E-state index contributed by atoms with van der Waals surface area (Å²) in [6.45, 7) is 1.22. The molecule has 144 valence electrons. The van der Waals surface area contributed by atoms with Gasteiger partial charge in [0.05, 0.1) is 11.2 Å². The number of oxime groups is 1. The third-order valence-corrected chi connectivity index (χ3v) is 4.82. The monoisotopic (exact) mass is 397 g/mol. The summed E-state index contributed by atoms with van der Waals surface area (Å²) in [5.41, 5.74) is 3.76. The second-order valence-corrected chi connectivity index (χ2v) is 7.14. The fraction of sp³-hybridized carbons (Fsp3) is 0.300. The maximum absolute atomic E-state index is 12.3. The molecule has 8 heteroatoms. The van der Waals surface area contributed by atoms with E-state index in [4.69, 9.17) is 16.4 Å². The molecule has 0 fully saturated rings. The van der Waals surface area contributed by atoms with E-state index in [1.54, 1.807) is 0 Å². The SMILES string of the molecule is O=C(NCCCn1nnc2ccccc21)[C@@H]1CC(Cc2cccc(Cl)c2)=NO1. The van der Waals surface area contributed by atoms with E-state index in [2.05, 4.69) is 20.8 Å². The van der Waals surface area contributed by atoms with Crippen molar-refractivity contribution in [2.24, 2.45) is 5.16 Å². The lowest BCUT2D eigenvalue weighted by Gasteiger charge is -2.09. The van der Waals surface area contributed by atoms with E-state index in [1.807, 2.05) is 53.2 Å². The average Bonchev–Trinajstić information content (AvgIpc) is 3.32. The van der Waals surface area contributed by atoms with Crippen LogP contribution in [-0.2, 0) is 22.6 Å². The first kappa shape index (κ1) is 18.4. The molecule has 0 unspecified atom stereocenters. The minimum Gasteiger partial charge on any atom is -0.382 e. The zero-order valence-corrected chi connectivity index (χ0v) is 16.0. The summed E-state index contributed by atoms with van der Waals surface area (Å²) in [5, 5.41) is 15.9. The van der Waals surface area contributed by atoms with Crippen molar-refractivity contribution in [3.8, 4) is 0 Å². The number of benzene rings is 2. The molecule has 0 saturated heterocycles. The number of carbonyl (C=O) groups is 1. The molecule has 2 aromatic carbocycles. The Hall–Kier alpha value is -2.93. The quantitative estimate of drug-likeness (QED) is 0.621. The van der Waals surface area contributed by atoms with E-state index in [0.29, 0.717) is 31.0 Å². The minimum atomic E-state index is -0.568. The molecular weight excluding hydrogens is 378 g/mol. The Labute approximate surface area is 167 Å². The summed E-state index contributed by atoms with van der Waals surface area (Å²) in [5.74, 6) is -0.145. The van der Waals surface area contributed by atoms with Gasteiger partial charge in [0.15, 0.2) is 0 Å². The maximum atomic E-state index is 12.3. The number of hydrogen-bond acceptors (Lipinski definition) is 5. The van der Waals surface area contributed by atoms with Crippen molar-refractivity contribution < 1.29 is 9.63 Å². The minimum absolute atomic E-state index is 0.145. The van der Waals surface area contributed by atoms with Gasteiger partial charge >= 0.3 is 0 Å². The maximum Gasteiger partial charge on any atom is 0.264 e. The lowest BCUT2D eigenvalue weighted by Crippen LogP contribution is -2.35. The molecule has 0 saturated carbocycles. The predicted octanol–water partition coefficient (Wildman–Crippen LogP) is 2.98. The van der Waals surface area contributed by atoms with Crippen molar-refractivity contribution in [3.05, 3.63) is 59.1 Å². The average molecular weight is 398 g/mol. The second kappa shape index (κ2) is 8.39. The highest BCUT2D eigenvalue weighted by Gasteiger charge is 2.27. The predicted molar refractivity (Wildman–Crippen MR) is 107 cm³/mol. The first-order valence-electron chi connectivity index (χ1n) is 9.21. The van der Waals surface area contributed by atoms with Crippen molar-refractivity contribution >= 4 is 34.3 Å². The molecule has 2 heterocycles. The number of hydrogen-bond donors (Lipinski definition) is 1. The smallest absolute Gasteiger partial charge is 0.264 e. The van der Waals surface area contributed by atoms with Crippen molar-refractivity contribution in [1.82, 2.24) is 20.3 Å². The molecule has 4 rings (SSSR count). The number of fused-ring (bicyclic) bond motifs is 1. The van der Waals surface area contributed by atoms with Gasteiger partial charge in [-0.15, -0.1) is 5.10 Å². The molecule has 0 bridgehead atoms. The van der Waals surface area contributed by atoms with Gasteiger partial charge in [-0.05, 0) is 36.2 Å². The van der Waals surface area contributed by atoms with Gasteiger partial charge < -0.3 is 10.2 Å². The number of rotatable bonds is 7. The molecule has 1 amide bonds. The number of halogens is 1. The highest BCUT2D eigenvalue weighted by molar-refractivity contribution is 6.30. The van der Waals surface area contributed by atoms with E-state index >= 15 is 0 Å². The Morgan fingerprint density at radius 2 is 2.14 bits per heavy atom. The molecule has 1 atom stereocenters. The van der Waals surface area contributed by atoms with Gasteiger partial charge in [-0.1, -0.05) is 46.2 Å². The first-order valence-corrected chi connectivity index (χ1v) is 9.59. The number of aryl methyl sites for hydroxylation is 1. The Balaban J connectivity index is 1.21. The summed E-state index contributed by atoms with van der Waals surface area (Å²) < 4.78 is 1.85. The van der Waals surface area contributed by atoms with Crippen LogP contribution >= 0.6 is 11.6 Å². The lowest BCUT2D eigenvalue weighted by atomic mass is 10.0. The number of nitrogens with one attached hydrogen (secondary N) is 1. The third kappa shape index (κ3) is 4.31. The normalized spacial score (nSPS) is 16.0. The molecule has 0 spiro atoms. The summed E-state index contributed by atoms with van der Waals surface area (Å²) in [6.07, 6.45) is 1.30. The first-order chi connectivity index (χ1) is 13.7. The summed E-state index contributed by atoms with van der Waals surface area (Å²) in [7, 11) is 0. The van der Waals surface area contributed by atoms with Crippen LogP contribution in [0.25, 0.3) is 11.0 Å². The van der Waals surface area contributed by atoms with E-state index in [9.17, 15) is 4.79 Å². The molecule has 7 nitrogen and oxygen atoms in total. The highest BCUT2D eigenvalue weighted by Crippen LogP contribution is 2.17. The number of carbonyl (C=O) groups excluding carboxylic acids is 1. The molecule has 3 aromatic rings. The van der Waals surface area contributed by atoms with Gasteiger partial charge in [-0.3, -0.25) is 4.79 Å². The van der Waals surface area contributed by atoms with Crippen molar-refractivity contribution in [2.75, 3.05) is 6.54 Å². The fourth-order valence-electron chi connectivity index (χ4n) is 3.19. The Kier molecular flexibility index (Phi) is 5.53. The summed E-state index contributed by atoms with van der Waals surface area (Å²) >= 11 is 6.00. The van der Waals surface area contributed by atoms with Crippen LogP contribution in [0.2, 0.25) is 5.02 Å². The van der Waals surface area contributed by atoms with Gasteiger partial charge in [0.1, 0.15) is 5.52 Å². The second-order valence-electron chi connectivity index (χ2n) is 6.71. The van der Waals surface area contributed by atoms with Gasteiger partial charge in [0.2, 0.25) is 6.10 Å². The molecule has 0 aliphatic carbocycles. The van der Waals surface area contributed by atoms with Gasteiger partial charge in [0.25, 0.3) is 5.91 Å². The van der Waals surface area contributed by atoms with Crippen LogP contribution in [0, 0.1) is 0 Å². The topological polar surface area (TPSA) is 81.4 Å². The molecule has 0 radical (unpaired) electrons. The van der Waals surface area contributed by atoms with Crippen molar-refractivity contribution in [1.29, 1.82) is 0 Å². The van der Waals surface area contributed by atoms with E-state index < -0.39 is 6.10 Å². The van der Waals surface area contributed by atoms with Crippen LogP contribution < -0.4 is 5.32 Å². The highest BCUT2D eigenvalue weighted by atomic mass is 35.5. The summed E-state index contributed by atoms with van der Waals surface area (Å²) in [4.78, 5) is 17.6. The van der Waals surface area contributed by atoms with Crippen LogP contribution in [-0.4, -0.2) is 39.3 Å². The zero-order chi connectivity index (χ0) is 19.3. The van der Waals surface area contributed by atoms with Crippen LogP contribution in [0.5, 0.6) is 0 Å². The molecular formula is C20H20ClN5O2. The van der Waals surface area contributed by atoms with Crippen molar-refractivity contribution in [2.45, 2.75) is 31.9 Å². The van der Waals surface area contributed by atoms with Gasteiger partial charge in [0, 0.05) is 31.0 Å². The van der Waals surface area contributed by atoms with Crippen molar-refractivity contribution in [3.63, 3.8) is 0 Å². The number of amides is 1. The van der Waals surface area contributed by atoms with Crippen LogP contribution in [0.4, 0.5) is 0 Å². The van der Waals surface area contributed by atoms with Crippen LogP contribution in [0.1, 0.15) is 18.4 Å². The number of aromatic nitrogens is 3. The van der Waals surface area contributed by atoms with E-state index in [1.165, 1.54) is 0 Å². The fourth-order valence-corrected chi connectivity index (χ4v) is 3.40. The Morgan fingerprint density at radius 3 is 3.04 bits per heavy atom.